The molecule has 0 bridgehead atoms. The van der Waals surface area contributed by atoms with E-state index in [1.165, 1.54) is 0 Å². The summed E-state index contributed by atoms with van der Waals surface area (Å²) in [6.07, 6.45) is 0.881. The number of rotatable bonds is 2. The van der Waals surface area contributed by atoms with Crippen molar-refractivity contribution in [3.05, 3.63) is 59.4 Å². The van der Waals surface area contributed by atoms with Crippen LogP contribution in [0.1, 0.15) is 23.6 Å². The van der Waals surface area contributed by atoms with Gasteiger partial charge in [-0.1, -0.05) is 24.3 Å². The van der Waals surface area contributed by atoms with Crippen LogP contribution in [0.2, 0.25) is 0 Å². The molecule has 3 heteroatoms. The van der Waals surface area contributed by atoms with E-state index >= 15 is 0 Å². The van der Waals surface area contributed by atoms with Crippen molar-refractivity contribution in [3.63, 3.8) is 0 Å². The fraction of sp³-hybridized carbons (Fsp3) is 0.250. The topological polar surface area (TPSA) is 21.3 Å². The van der Waals surface area contributed by atoms with E-state index in [9.17, 15) is 4.39 Å². The van der Waals surface area contributed by atoms with Crippen LogP contribution in [0.15, 0.2) is 42.5 Å². The lowest BCUT2D eigenvalue weighted by Gasteiger charge is -2.27. The SMILES string of the molecule is Cc1ccc(NC2CCOc3ccccc32)cc1F. The highest BCUT2D eigenvalue weighted by molar-refractivity contribution is 5.49. The third-order valence-electron chi connectivity index (χ3n) is 3.47. The van der Waals surface area contributed by atoms with Crippen LogP contribution in [-0.2, 0) is 0 Å². The van der Waals surface area contributed by atoms with E-state index in [0.717, 1.165) is 23.4 Å². The molecule has 1 unspecified atom stereocenters. The zero-order valence-electron chi connectivity index (χ0n) is 10.8. The fourth-order valence-corrected chi connectivity index (χ4v) is 2.38. The molecule has 3 rings (SSSR count). The van der Waals surface area contributed by atoms with E-state index in [1.54, 1.807) is 19.1 Å². The summed E-state index contributed by atoms with van der Waals surface area (Å²) in [6.45, 7) is 2.45. The van der Waals surface area contributed by atoms with Gasteiger partial charge in [-0.15, -0.1) is 0 Å². The summed E-state index contributed by atoms with van der Waals surface area (Å²) in [6, 6.07) is 13.4. The Balaban J connectivity index is 1.86. The molecule has 1 aliphatic heterocycles. The molecule has 98 valence electrons. The maximum atomic E-state index is 13.6. The monoisotopic (exact) mass is 257 g/mol. The molecular formula is C16H16FNO. The van der Waals surface area contributed by atoms with Crippen LogP contribution in [-0.4, -0.2) is 6.61 Å². The van der Waals surface area contributed by atoms with Crippen molar-refractivity contribution < 1.29 is 9.13 Å². The van der Waals surface area contributed by atoms with Gasteiger partial charge in [0.05, 0.1) is 12.6 Å². The number of fused-ring (bicyclic) bond motifs is 1. The lowest BCUT2D eigenvalue weighted by Crippen LogP contribution is -2.20. The molecule has 1 heterocycles. The second kappa shape index (κ2) is 4.92. The first-order valence-corrected chi connectivity index (χ1v) is 6.48. The molecule has 2 aromatic carbocycles. The Morgan fingerprint density at radius 1 is 1.21 bits per heavy atom. The summed E-state index contributed by atoms with van der Waals surface area (Å²) in [5, 5.41) is 3.39. The van der Waals surface area contributed by atoms with Gasteiger partial charge in [-0.05, 0) is 30.7 Å². The van der Waals surface area contributed by atoms with E-state index in [1.807, 2.05) is 24.3 Å². The Kier molecular flexibility index (Phi) is 3.11. The second-order valence-electron chi connectivity index (χ2n) is 4.84. The summed E-state index contributed by atoms with van der Waals surface area (Å²) in [5.74, 6) is 0.740. The molecule has 0 aromatic heterocycles. The van der Waals surface area contributed by atoms with Gasteiger partial charge in [0, 0.05) is 17.7 Å². The van der Waals surface area contributed by atoms with Crippen molar-refractivity contribution in [1.82, 2.24) is 0 Å². The lowest BCUT2D eigenvalue weighted by molar-refractivity contribution is 0.274. The summed E-state index contributed by atoms with van der Waals surface area (Å²) in [4.78, 5) is 0. The minimum atomic E-state index is -0.176. The Morgan fingerprint density at radius 3 is 2.89 bits per heavy atom. The number of anilines is 1. The maximum Gasteiger partial charge on any atom is 0.128 e. The number of aryl methyl sites for hydroxylation is 1. The molecule has 2 nitrogen and oxygen atoms in total. The predicted octanol–water partition coefficient (Wildman–Crippen LogP) is 4.07. The van der Waals surface area contributed by atoms with Gasteiger partial charge in [0.25, 0.3) is 0 Å². The molecule has 0 saturated carbocycles. The van der Waals surface area contributed by atoms with Gasteiger partial charge in [-0.2, -0.15) is 0 Å². The first kappa shape index (κ1) is 12.0. The fourth-order valence-electron chi connectivity index (χ4n) is 2.38. The van der Waals surface area contributed by atoms with Gasteiger partial charge in [0.15, 0.2) is 0 Å². The van der Waals surface area contributed by atoms with Gasteiger partial charge < -0.3 is 10.1 Å². The van der Waals surface area contributed by atoms with E-state index in [4.69, 9.17) is 4.74 Å². The third-order valence-corrected chi connectivity index (χ3v) is 3.47. The highest BCUT2D eigenvalue weighted by atomic mass is 19.1. The number of hydrogen-bond donors (Lipinski definition) is 1. The zero-order valence-corrected chi connectivity index (χ0v) is 10.8. The normalized spacial score (nSPS) is 17.5. The average Bonchev–Trinajstić information content (AvgIpc) is 2.43. The maximum absolute atomic E-state index is 13.6. The van der Waals surface area contributed by atoms with Crippen LogP contribution in [0, 0.1) is 12.7 Å². The molecule has 2 aromatic rings. The lowest BCUT2D eigenvalue weighted by atomic mass is 10.00. The standard InChI is InChI=1S/C16H16FNO/c1-11-6-7-12(10-14(11)17)18-15-8-9-19-16-5-3-2-4-13(15)16/h2-7,10,15,18H,8-9H2,1H3. The van der Waals surface area contributed by atoms with Crippen molar-refractivity contribution >= 4 is 5.69 Å². The number of ether oxygens (including phenoxy) is 1. The molecule has 0 radical (unpaired) electrons. The number of hydrogen-bond acceptors (Lipinski definition) is 2. The number of para-hydroxylation sites is 1. The van der Waals surface area contributed by atoms with Crippen LogP contribution in [0.4, 0.5) is 10.1 Å². The molecule has 1 aliphatic rings. The summed E-state index contributed by atoms with van der Waals surface area (Å²) >= 11 is 0. The Labute approximate surface area is 112 Å². The molecule has 1 N–H and O–H groups in total. The number of halogens is 1. The van der Waals surface area contributed by atoms with Gasteiger partial charge in [0.1, 0.15) is 11.6 Å². The Hall–Kier alpha value is -2.03. The predicted molar refractivity (Wildman–Crippen MR) is 74.1 cm³/mol. The number of benzene rings is 2. The Bertz CT molecular complexity index is 597. The largest absolute Gasteiger partial charge is 0.493 e. The van der Waals surface area contributed by atoms with Gasteiger partial charge >= 0.3 is 0 Å². The van der Waals surface area contributed by atoms with Crippen molar-refractivity contribution in [2.24, 2.45) is 0 Å². The molecule has 0 amide bonds. The van der Waals surface area contributed by atoms with Crippen molar-refractivity contribution in [2.45, 2.75) is 19.4 Å². The summed E-state index contributed by atoms with van der Waals surface area (Å²) in [5.41, 5.74) is 2.61. The molecule has 1 atom stereocenters. The third kappa shape index (κ3) is 2.41. The van der Waals surface area contributed by atoms with E-state index in [-0.39, 0.29) is 11.9 Å². The first-order chi connectivity index (χ1) is 9.24. The van der Waals surface area contributed by atoms with Crippen molar-refractivity contribution in [2.75, 3.05) is 11.9 Å². The summed E-state index contributed by atoms with van der Waals surface area (Å²) in [7, 11) is 0. The minimum absolute atomic E-state index is 0.173. The molecule has 0 spiro atoms. The van der Waals surface area contributed by atoms with E-state index in [0.29, 0.717) is 12.2 Å². The average molecular weight is 257 g/mol. The molecule has 19 heavy (non-hydrogen) atoms. The van der Waals surface area contributed by atoms with Crippen LogP contribution in [0.5, 0.6) is 5.75 Å². The molecular weight excluding hydrogens is 241 g/mol. The summed E-state index contributed by atoms with van der Waals surface area (Å²) < 4.78 is 19.2. The highest BCUT2D eigenvalue weighted by Gasteiger charge is 2.20. The van der Waals surface area contributed by atoms with Gasteiger partial charge in [-0.25, -0.2) is 4.39 Å². The minimum Gasteiger partial charge on any atom is -0.493 e. The second-order valence-corrected chi connectivity index (χ2v) is 4.84. The first-order valence-electron chi connectivity index (χ1n) is 6.48. The molecule has 0 fully saturated rings. The van der Waals surface area contributed by atoms with Crippen molar-refractivity contribution in [3.8, 4) is 5.75 Å². The van der Waals surface area contributed by atoms with Crippen LogP contribution in [0.25, 0.3) is 0 Å². The van der Waals surface area contributed by atoms with E-state index in [2.05, 4.69) is 11.4 Å². The zero-order chi connectivity index (χ0) is 13.2. The van der Waals surface area contributed by atoms with Crippen LogP contribution < -0.4 is 10.1 Å². The number of nitrogens with one attached hydrogen (secondary N) is 1. The van der Waals surface area contributed by atoms with E-state index < -0.39 is 0 Å². The molecule has 0 saturated heterocycles. The molecule has 0 aliphatic carbocycles. The Morgan fingerprint density at radius 2 is 2.05 bits per heavy atom. The highest BCUT2D eigenvalue weighted by Crippen LogP contribution is 2.34. The van der Waals surface area contributed by atoms with Crippen molar-refractivity contribution in [1.29, 1.82) is 0 Å². The quantitative estimate of drug-likeness (QED) is 0.875. The smallest absolute Gasteiger partial charge is 0.128 e. The van der Waals surface area contributed by atoms with Gasteiger partial charge in [0.2, 0.25) is 0 Å². The van der Waals surface area contributed by atoms with Gasteiger partial charge in [-0.3, -0.25) is 0 Å². The van der Waals surface area contributed by atoms with Crippen LogP contribution >= 0.6 is 0 Å². The van der Waals surface area contributed by atoms with Crippen LogP contribution in [0.3, 0.4) is 0 Å².